The van der Waals surface area contributed by atoms with Crippen molar-refractivity contribution in [3.63, 3.8) is 0 Å². The topological polar surface area (TPSA) is 26.3 Å². The molecule has 0 amide bonds. The summed E-state index contributed by atoms with van der Waals surface area (Å²) in [4.78, 5) is 13.0. The Morgan fingerprint density at radius 2 is 1.42 bits per heavy atom. The van der Waals surface area contributed by atoms with E-state index in [0.717, 1.165) is 23.0 Å². The van der Waals surface area contributed by atoms with E-state index in [1.165, 1.54) is 0 Å². The lowest BCUT2D eigenvalue weighted by Crippen LogP contribution is -2.31. The summed E-state index contributed by atoms with van der Waals surface area (Å²) in [5.74, 6) is 3.08. The first-order valence-corrected chi connectivity index (χ1v) is 8.63. The van der Waals surface area contributed by atoms with Crippen LogP contribution in [0.1, 0.15) is 48.0 Å². The Morgan fingerprint density at radius 1 is 0.917 bits per heavy atom. The van der Waals surface area contributed by atoms with Gasteiger partial charge >= 0.3 is 0 Å². The molecule has 1 aliphatic heterocycles. The number of rotatable bonds is 1. The largest absolute Gasteiger partial charge is 0.466 e. The molecule has 0 aromatic heterocycles. The summed E-state index contributed by atoms with van der Waals surface area (Å²) in [6.07, 6.45) is 14.8. The summed E-state index contributed by atoms with van der Waals surface area (Å²) in [6, 6.07) is 0. The van der Waals surface area contributed by atoms with E-state index in [-0.39, 0.29) is 16.6 Å². The fraction of sp³-hybridized carbons (Fsp3) is 0.455. The maximum absolute atomic E-state index is 13.0. The maximum atomic E-state index is 13.0. The second-order valence-corrected chi connectivity index (χ2v) is 9.04. The molecule has 1 heterocycles. The summed E-state index contributed by atoms with van der Waals surface area (Å²) in [5, 5.41) is 0. The van der Waals surface area contributed by atoms with Gasteiger partial charge in [-0.05, 0) is 50.3 Å². The van der Waals surface area contributed by atoms with Gasteiger partial charge in [-0.1, -0.05) is 47.1 Å². The van der Waals surface area contributed by atoms with E-state index >= 15 is 0 Å². The monoisotopic (exact) mass is 323 g/mol. The van der Waals surface area contributed by atoms with Crippen LogP contribution in [0.15, 0.2) is 35.3 Å². The van der Waals surface area contributed by atoms with Gasteiger partial charge in [-0.3, -0.25) is 4.79 Å². The first-order valence-electron chi connectivity index (χ1n) is 8.63. The van der Waals surface area contributed by atoms with Gasteiger partial charge in [0.2, 0.25) is 0 Å². The van der Waals surface area contributed by atoms with E-state index in [0.29, 0.717) is 6.42 Å². The molecule has 0 aromatic carbocycles. The summed E-state index contributed by atoms with van der Waals surface area (Å²) < 4.78 is 6.22. The quantitative estimate of drug-likeness (QED) is 0.665. The molecule has 2 heteroatoms. The molecule has 3 aliphatic rings. The fourth-order valence-electron chi connectivity index (χ4n) is 3.19. The van der Waals surface area contributed by atoms with Crippen molar-refractivity contribution in [1.82, 2.24) is 0 Å². The minimum Gasteiger partial charge on any atom is -0.466 e. The Bertz CT molecular complexity index is 596. The predicted molar refractivity (Wildman–Crippen MR) is 96.7 cm³/mol. The molecule has 2 aliphatic carbocycles. The molecule has 127 valence electrons. The highest BCUT2D eigenvalue weighted by Crippen LogP contribution is 2.51. The van der Waals surface area contributed by atoms with Gasteiger partial charge in [0.05, 0.1) is 5.41 Å². The smallest absolute Gasteiger partial charge is 0.169 e. The normalized spacial score (nSPS) is 24.8. The van der Waals surface area contributed by atoms with Gasteiger partial charge in [0.25, 0.3) is 0 Å². The highest BCUT2D eigenvalue weighted by Gasteiger charge is 2.46. The van der Waals surface area contributed by atoms with Crippen LogP contribution in [0.5, 0.6) is 0 Å². The second kappa shape index (κ2) is 5.61. The van der Waals surface area contributed by atoms with Crippen LogP contribution in [0.25, 0.3) is 0 Å². The lowest BCUT2D eigenvalue weighted by Gasteiger charge is -2.37. The van der Waals surface area contributed by atoms with E-state index in [9.17, 15) is 4.79 Å². The van der Waals surface area contributed by atoms with Crippen molar-refractivity contribution in [1.29, 1.82) is 0 Å². The SMILES string of the molecule is CC(C)(C)C1=CC2(C=C(C(C)(C)C)O1)CC([C]1[CH][CH][CH][CH]1)=CC2=O. The molecule has 1 saturated carbocycles. The summed E-state index contributed by atoms with van der Waals surface area (Å²) in [7, 11) is 0. The summed E-state index contributed by atoms with van der Waals surface area (Å²) in [5.41, 5.74) is 0.235. The van der Waals surface area contributed by atoms with Gasteiger partial charge in [-0.15, -0.1) is 0 Å². The molecule has 0 saturated heterocycles. The third-order valence-electron chi connectivity index (χ3n) is 4.76. The third kappa shape index (κ3) is 3.12. The van der Waals surface area contributed by atoms with Crippen LogP contribution >= 0.6 is 0 Å². The Kier molecular flexibility index (Phi) is 4.09. The summed E-state index contributed by atoms with van der Waals surface area (Å²) in [6.45, 7) is 12.8. The molecular weight excluding hydrogens is 296 g/mol. The summed E-state index contributed by atoms with van der Waals surface area (Å²) >= 11 is 0. The molecule has 0 N–H and O–H groups in total. The van der Waals surface area contributed by atoms with Crippen LogP contribution in [-0.4, -0.2) is 5.78 Å². The Hall–Kier alpha value is -1.31. The van der Waals surface area contributed by atoms with Crippen LogP contribution in [0.2, 0.25) is 0 Å². The van der Waals surface area contributed by atoms with Crippen LogP contribution in [0.3, 0.4) is 0 Å². The molecule has 0 atom stereocenters. The zero-order valence-corrected chi connectivity index (χ0v) is 15.6. The number of ketones is 1. The molecule has 3 rings (SSSR count). The zero-order valence-electron chi connectivity index (χ0n) is 15.6. The Balaban J connectivity index is 2.00. The van der Waals surface area contributed by atoms with Gasteiger partial charge in [0.1, 0.15) is 11.5 Å². The number of allylic oxidation sites excluding steroid dienone is 6. The predicted octanol–water partition coefficient (Wildman–Crippen LogP) is 5.17. The molecule has 0 aromatic rings. The minimum atomic E-state index is -0.601. The van der Waals surface area contributed by atoms with Gasteiger partial charge in [-0.25, -0.2) is 0 Å². The number of carbonyl (C=O) groups is 1. The molecule has 24 heavy (non-hydrogen) atoms. The van der Waals surface area contributed by atoms with Gasteiger partial charge in [-0.2, -0.15) is 0 Å². The van der Waals surface area contributed by atoms with Crippen molar-refractivity contribution in [3.05, 3.63) is 66.9 Å². The molecule has 0 unspecified atom stereocenters. The highest BCUT2D eigenvalue weighted by atomic mass is 16.5. The molecular formula is C22H27O2. The average Bonchev–Trinajstić information content (AvgIpc) is 3.06. The number of hydrogen-bond acceptors (Lipinski definition) is 2. The second-order valence-electron chi connectivity index (χ2n) is 9.04. The molecule has 2 nitrogen and oxygen atoms in total. The van der Waals surface area contributed by atoms with Crippen molar-refractivity contribution in [3.8, 4) is 0 Å². The number of ether oxygens (including phenoxy) is 1. The fourth-order valence-corrected chi connectivity index (χ4v) is 3.19. The van der Waals surface area contributed by atoms with Crippen LogP contribution in [0.4, 0.5) is 0 Å². The standard InChI is InChI=1S/C22H27O2/c1-20(2,3)18-13-22(14-19(24-18)21(4,5)6)12-16(11-17(22)23)15-9-7-8-10-15/h7-11,13-14H,12H2,1-6H3. The van der Waals surface area contributed by atoms with E-state index in [2.05, 4.69) is 66.5 Å². The molecule has 0 bridgehead atoms. The van der Waals surface area contributed by atoms with E-state index < -0.39 is 5.41 Å². The van der Waals surface area contributed by atoms with Crippen LogP contribution in [-0.2, 0) is 9.53 Å². The lowest BCUT2D eigenvalue weighted by molar-refractivity contribution is -0.119. The maximum Gasteiger partial charge on any atom is 0.169 e. The first-order chi connectivity index (χ1) is 11.0. The Morgan fingerprint density at radius 3 is 1.88 bits per heavy atom. The van der Waals surface area contributed by atoms with Gasteiger partial charge < -0.3 is 4.74 Å². The molecule has 5 radical (unpaired) electrons. The molecule has 1 fully saturated rings. The number of hydrogen-bond donors (Lipinski definition) is 0. The number of carbonyl (C=O) groups excluding carboxylic acids is 1. The third-order valence-corrected chi connectivity index (χ3v) is 4.76. The van der Waals surface area contributed by atoms with E-state index in [4.69, 9.17) is 4.74 Å². The molecule has 1 spiro atoms. The van der Waals surface area contributed by atoms with Crippen LogP contribution in [0, 0.1) is 47.8 Å². The van der Waals surface area contributed by atoms with Crippen LogP contribution < -0.4 is 0 Å². The zero-order chi connectivity index (χ0) is 17.8. The van der Waals surface area contributed by atoms with E-state index in [1.54, 1.807) is 0 Å². The van der Waals surface area contributed by atoms with Crippen molar-refractivity contribution >= 4 is 5.78 Å². The van der Waals surface area contributed by atoms with Crippen molar-refractivity contribution in [2.45, 2.75) is 48.0 Å². The van der Waals surface area contributed by atoms with Crippen molar-refractivity contribution in [2.24, 2.45) is 16.2 Å². The van der Waals surface area contributed by atoms with E-state index in [1.807, 2.05) is 18.9 Å². The van der Waals surface area contributed by atoms with Crippen molar-refractivity contribution < 1.29 is 9.53 Å². The van der Waals surface area contributed by atoms with Gasteiger partial charge in [0.15, 0.2) is 5.78 Å². The lowest BCUT2D eigenvalue weighted by atomic mass is 9.74. The van der Waals surface area contributed by atoms with Gasteiger partial charge in [0, 0.05) is 16.7 Å². The minimum absolute atomic E-state index is 0.138. The highest BCUT2D eigenvalue weighted by molar-refractivity contribution is 6.02. The first kappa shape index (κ1) is 17.5. The Labute approximate surface area is 147 Å². The average molecular weight is 323 g/mol. The van der Waals surface area contributed by atoms with Crippen molar-refractivity contribution in [2.75, 3.05) is 0 Å².